The summed E-state index contributed by atoms with van der Waals surface area (Å²) in [6.45, 7) is 4.34. The van der Waals surface area contributed by atoms with E-state index in [2.05, 4.69) is 42.4 Å². The maximum atomic E-state index is 12.5. The minimum absolute atomic E-state index is 0.0741. The molecule has 2 N–H and O–H groups in total. The van der Waals surface area contributed by atoms with Crippen molar-refractivity contribution >= 4 is 26.9 Å². The topological polar surface area (TPSA) is 128 Å². The van der Waals surface area contributed by atoms with E-state index in [-0.39, 0.29) is 17.2 Å². The number of fused-ring (bicyclic) bond motifs is 1. The van der Waals surface area contributed by atoms with Crippen LogP contribution in [0.15, 0.2) is 52.3 Å². The number of hydrogen-bond acceptors (Lipinski definition) is 8. The van der Waals surface area contributed by atoms with Gasteiger partial charge in [-0.05, 0) is 25.8 Å². The van der Waals surface area contributed by atoms with Crippen molar-refractivity contribution in [2.24, 2.45) is 0 Å². The van der Waals surface area contributed by atoms with Crippen LogP contribution in [-0.4, -0.2) is 46.4 Å². The van der Waals surface area contributed by atoms with E-state index in [1.807, 2.05) is 18.2 Å². The smallest absolute Gasteiger partial charge is 0.246 e. The minimum atomic E-state index is -3.72. The van der Waals surface area contributed by atoms with Crippen molar-refractivity contribution in [1.82, 2.24) is 29.6 Å². The SMILES string of the molecule is Cc1noc(C)c1S(=O)(=O)NCCn1ncc2c(NCCc3ccccc3)ncnc21. The van der Waals surface area contributed by atoms with Crippen molar-refractivity contribution < 1.29 is 12.9 Å². The summed E-state index contributed by atoms with van der Waals surface area (Å²) >= 11 is 0. The lowest BCUT2D eigenvalue weighted by Gasteiger charge is -2.08. The van der Waals surface area contributed by atoms with Crippen molar-refractivity contribution in [2.45, 2.75) is 31.7 Å². The van der Waals surface area contributed by atoms with E-state index in [0.29, 0.717) is 23.7 Å². The van der Waals surface area contributed by atoms with Crippen molar-refractivity contribution in [3.63, 3.8) is 0 Å². The quantitative estimate of drug-likeness (QED) is 0.404. The molecule has 0 saturated heterocycles. The van der Waals surface area contributed by atoms with E-state index in [0.717, 1.165) is 18.4 Å². The summed E-state index contributed by atoms with van der Waals surface area (Å²) in [5, 5.41) is 12.2. The van der Waals surface area contributed by atoms with Crippen molar-refractivity contribution in [1.29, 1.82) is 0 Å². The highest BCUT2D eigenvalue weighted by Gasteiger charge is 2.23. The highest BCUT2D eigenvalue weighted by Crippen LogP contribution is 2.20. The summed E-state index contributed by atoms with van der Waals surface area (Å²) in [5.41, 5.74) is 2.20. The number of benzene rings is 1. The van der Waals surface area contributed by atoms with Gasteiger partial charge >= 0.3 is 0 Å². The van der Waals surface area contributed by atoms with Crippen LogP contribution in [0, 0.1) is 13.8 Å². The molecule has 4 aromatic rings. The average Bonchev–Trinajstić information content (AvgIpc) is 3.32. The second-order valence-corrected chi connectivity index (χ2v) is 8.74. The molecule has 0 atom stereocenters. The Morgan fingerprint density at radius 3 is 2.65 bits per heavy atom. The number of nitrogens with zero attached hydrogens (tertiary/aromatic N) is 5. The van der Waals surface area contributed by atoms with Crippen LogP contribution in [0.5, 0.6) is 0 Å². The lowest BCUT2D eigenvalue weighted by Crippen LogP contribution is -2.28. The van der Waals surface area contributed by atoms with Crippen LogP contribution < -0.4 is 10.0 Å². The van der Waals surface area contributed by atoms with E-state index >= 15 is 0 Å². The summed E-state index contributed by atoms with van der Waals surface area (Å²) in [5.74, 6) is 0.956. The molecule has 1 aromatic carbocycles. The summed E-state index contributed by atoms with van der Waals surface area (Å²) < 4.78 is 34.2. The zero-order valence-corrected chi connectivity index (χ0v) is 18.1. The van der Waals surface area contributed by atoms with Crippen LogP contribution in [0.2, 0.25) is 0 Å². The number of aryl methyl sites for hydroxylation is 2. The van der Waals surface area contributed by atoms with Crippen LogP contribution in [0.4, 0.5) is 5.82 Å². The average molecular weight is 442 g/mol. The highest BCUT2D eigenvalue weighted by molar-refractivity contribution is 7.89. The third kappa shape index (κ3) is 4.57. The molecule has 0 saturated carbocycles. The van der Waals surface area contributed by atoms with Gasteiger partial charge in [0.15, 0.2) is 11.4 Å². The Bertz CT molecular complexity index is 1260. The molecule has 3 aromatic heterocycles. The molecule has 0 radical (unpaired) electrons. The normalized spacial score (nSPS) is 11.8. The summed E-state index contributed by atoms with van der Waals surface area (Å²) in [6, 6.07) is 10.2. The van der Waals surface area contributed by atoms with E-state index < -0.39 is 10.0 Å². The molecule has 162 valence electrons. The molecule has 11 heteroatoms. The number of nitrogens with one attached hydrogen (secondary N) is 2. The van der Waals surface area contributed by atoms with Gasteiger partial charge in [-0.3, -0.25) is 0 Å². The molecule has 3 heterocycles. The van der Waals surface area contributed by atoms with Gasteiger partial charge in [0, 0.05) is 13.1 Å². The van der Waals surface area contributed by atoms with E-state index in [9.17, 15) is 8.42 Å². The van der Waals surface area contributed by atoms with Crippen molar-refractivity contribution in [3.05, 3.63) is 59.9 Å². The number of anilines is 1. The molecule has 0 aliphatic rings. The fourth-order valence-corrected chi connectivity index (χ4v) is 4.73. The van der Waals surface area contributed by atoms with Crippen molar-refractivity contribution in [3.8, 4) is 0 Å². The first-order valence-corrected chi connectivity index (χ1v) is 11.3. The second kappa shape index (κ2) is 8.82. The Balaban J connectivity index is 1.41. The molecule has 0 bridgehead atoms. The Morgan fingerprint density at radius 1 is 1.10 bits per heavy atom. The molecular weight excluding hydrogens is 418 g/mol. The Morgan fingerprint density at radius 2 is 1.90 bits per heavy atom. The van der Waals surface area contributed by atoms with Gasteiger partial charge in [0.1, 0.15) is 22.7 Å². The number of sulfonamides is 1. The number of aromatic nitrogens is 5. The Kier molecular flexibility index (Phi) is 5.96. The largest absolute Gasteiger partial charge is 0.369 e. The third-order valence-electron chi connectivity index (χ3n) is 4.83. The van der Waals surface area contributed by atoms with Crippen LogP contribution >= 0.6 is 0 Å². The zero-order valence-electron chi connectivity index (χ0n) is 17.2. The monoisotopic (exact) mass is 441 g/mol. The highest BCUT2D eigenvalue weighted by atomic mass is 32.2. The first kappa shape index (κ1) is 20.9. The molecule has 0 aliphatic carbocycles. The lowest BCUT2D eigenvalue weighted by molar-refractivity contribution is 0.390. The molecular formula is C20H23N7O3S. The van der Waals surface area contributed by atoms with Gasteiger partial charge in [-0.25, -0.2) is 27.8 Å². The molecule has 0 amide bonds. The maximum Gasteiger partial charge on any atom is 0.246 e. The van der Waals surface area contributed by atoms with Crippen LogP contribution in [0.3, 0.4) is 0 Å². The van der Waals surface area contributed by atoms with E-state index in [4.69, 9.17) is 4.52 Å². The lowest BCUT2D eigenvalue weighted by atomic mass is 10.1. The van der Waals surface area contributed by atoms with Gasteiger partial charge in [0.05, 0.1) is 18.1 Å². The van der Waals surface area contributed by atoms with Gasteiger partial charge in [0.25, 0.3) is 0 Å². The molecule has 31 heavy (non-hydrogen) atoms. The van der Waals surface area contributed by atoms with Gasteiger partial charge in [-0.2, -0.15) is 5.10 Å². The van der Waals surface area contributed by atoms with Gasteiger partial charge in [-0.1, -0.05) is 35.5 Å². The summed E-state index contributed by atoms with van der Waals surface area (Å²) in [7, 11) is -3.72. The Labute approximate surface area is 179 Å². The second-order valence-electron chi connectivity index (χ2n) is 7.04. The van der Waals surface area contributed by atoms with Gasteiger partial charge in [0.2, 0.25) is 10.0 Å². The molecule has 10 nitrogen and oxygen atoms in total. The molecule has 0 fully saturated rings. The molecule has 0 unspecified atom stereocenters. The van der Waals surface area contributed by atoms with E-state index in [1.165, 1.54) is 11.9 Å². The predicted molar refractivity (Wildman–Crippen MR) is 115 cm³/mol. The Hall–Kier alpha value is -3.31. The predicted octanol–water partition coefficient (Wildman–Crippen LogP) is 2.06. The number of hydrogen-bond donors (Lipinski definition) is 2. The van der Waals surface area contributed by atoms with Gasteiger partial charge < -0.3 is 9.84 Å². The fourth-order valence-electron chi connectivity index (χ4n) is 3.38. The third-order valence-corrected chi connectivity index (χ3v) is 6.54. The first-order chi connectivity index (χ1) is 15.0. The zero-order chi connectivity index (χ0) is 21.8. The summed E-state index contributed by atoms with van der Waals surface area (Å²) in [4.78, 5) is 8.70. The van der Waals surface area contributed by atoms with Crippen molar-refractivity contribution in [2.75, 3.05) is 18.4 Å². The first-order valence-electron chi connectivity index (χ1n) is 9.82. The summed E-state index contributed by atoms with van der Waals surface area (Å²) in [6.07, 6.45) is 4.02. The van der Waals surface area contributed by atoms with Gasteiger partial charge in [-0.15, -0.1) is 0 Å². The standard InChI is InChI=1S/C20H23N7O3S/c1-14-18(15(2)30-26-14)31(28,29)25-10-11-27-20-17(12-24-27)19(22-13-23-20)21-9-8-16-6-4-3-5-7-16/h3-7,12-13,25H,8-11H2,1-2H3,(H,21,22,23). The van der Waals surface area contributed by atoms with Crippen LogP contribution in [-0.2, 0) is 23.0 Å². The molecule has 0 aliphatic heterocycles. The van der Waals surface area contributed by atoms with E-state index in [1.54, 1.807) is 24.7 Å². The van der Waals surface area contributed by atoms with Crippen LogP contribution in [0.25, 0.3) is 11.0 Å². The minimum Gasteiger partial charge on any atom is -0.369 e. The number of rotatable bonds is 9. The van der Waals surface area contributed by atoms with Crippen LogP contribution in [0.1, 0.15) is 17.0 Å². The fraction of sp³-hybridized carbons (Fsp3) is 0.300. The molecule has 4 rings (SSSR count). The molecule has 0 spiro atoms. The maximum absolute atomic E-state index is 12.5.